The monoisotopic (exact) mass is 286 g/mol. The van der Waals surface area contributed by atoms with Crippen LogP contribution in [-0.4, -0.2) is 53.1 Å². The van der Waals surface area contributed by atoms with Crippen LogP contribution < -0.4 is 0 Å². The fourth-order valence-corrected chi connectivity index (χ4v) is 3.36. The molecule has 0 saturated carbocycles. The van der Waals surface area contributed by atoms with Crippen LogP contribution in [0.2, 0.25) is 0 Å². The molecule has 1 aliphatic rings. The van der Waals surface area contributed by atoms with Gasteiger partial charge in [-0.3, -0.25) is 0 Å². The second-order valence-electron chi connectivity index (χ2n) is 4.35. The number of β-amino-alcohol motifs (C(OH)–C–C–N with tert-alkyl or cyclic N) is 1. The molecule has 104 valence electrons. The van der Waals surface area contributed by atoms with Crippen LogP contribution in [0.5, 0.6) is 0 Å². The zero-order valence-corrected chi connectivity index (χ0v) is 10.9. The van der Waals surface area contributed by atoms with Crippen molar-refractivity contribution in [1.29, 1.82) is 0 Å². The maximum atomic E-state index is 12.2. The number of carboxylic acids is 1. The highest BCUT2D eigenvalue weighted by Crippen LogP contribution is 2.19. The minimum Gasteiger partial charge on any atom is -0.478 e. The Morgan fingerprint density at radius 2 is 2.16 bits per heavy atom. The van der Waals surface area contributed by atoms with Crippen molar-refractivity contribution in [2.45, 2.75) is 24.0 Å². The SMILES string of the molecule is O=C(O)c1ccc(S(=O)(=O)N2CCCC(O)C2)nc1. The van der Waals surface area contributed by atoms with E-state index in [2.05, 4.69) is 4.98 Å². The van der Waals surface area contributed by atoms with Gasteiger partial charge in [-0.15, -0.1) is 0 Å². The van der Waals surface area contributed by atoms with Gasteiger partial charge in [-0.1, -0.05) is 0 Å². The molecule has 2 rings (SSSR count). The Morgan fingerprint density at radius 3 is 2.68 bits per heavy atom. The van der Waals surface area contributed by atoms with E-state index in [-0.39, 0.29) is 17.1 Å². The average molecular weight is 286 g/mol. The molecule has 0 spiro atoms. The number of carbonyl (C=O) groups is 1. The van der Waals surface area contributed by atoms with Gasteiger partial charge in [0, 0.05) is 19.3 Å². The van der Waals surface area contributed by atoms with E-state index in [9.17, 15) is 18.3 Å². The highest BCUT2D eigenvalue weighted by molar-refractivity contribution is 7.89. The van der Waals surface area contributed by atoms with Crippen LogP contribution in [0.4, 0.5) is 0 Å². The Labute approximate surface area is 110 Å². The summed E-state index contributed by atoms with van der Waals surface area (Å²) in [6, 6.07) is 2.36. The third-order valence-corrected chi connectivity index (χ3v) is 4.73. The zero-order chi connectivity index (χ0) is 14.0. The standard InChI is InChI=1S/C11H14N2O5S/c14-9-2-1-5-13(7-9)19(17,18)10-4-3-8(6-12-10)11(15)16/h3-4,6,9,14H,1-2,5,7H2,(H,15,16). The van der Waals surface area contributed by atoms with Gasteiger partial charge in [-0.2, -0.15) is 4.31 Å². The number of carboxylic acid groups (broad SMARTS) is 1. The number of hydrogen-bond donors (Lipinski definition) is 2. The summed E-state index contributed by atoms with van der Waals surface area (Å²) in [5, 5.41) is 18.0. The third-order valence-electron chi connectivity index (χ3n) is 2.95. The Kier molecular flexibility index (Phi) is 3.83. The lowest BCUT2D eigenvalue weighted by Crippen LogP contribution is -2.42. The zero-order valence-electron chi connectivity index (χ0n) is 10.1. The maximum absolute atomic E-state index is 12.2. The average Bonchev–Trinajstić information content (AvgIpc) is 2.39. The van der Waals surface area contributed by atoms with Crippen molar-refractivity contribution in [1.82, 2.24) is 9.29 Å². The first-order chi connectivity index (χ1) is 8.91. The number of rotatable bonds is 3. The van der Waals surface area contributed by atoms with Crippen molar-refractivity contribution in [3.63, 3.8) is 0 Å². The topological polar surface area (TPSA) is 108 Å². The van der Waals surface area contributed by atoms with Gasteiger partial charge in [0.1, 0.15) is 0 Å². The van der Waals surface area contributed by atoms with E-state index in [1.807, 2.05) is 0 Å². The molecule has 1 unspecified atom stereocenters. The number of hydrogen-bond acceptors (Lipinski definition) is 5. The van der Waals surface area contributed by atoms with E-state index >= 15 is 0 Å². The smallest absolute Gasteiger partial charge is 0.337 e. The number of piperidine rings is 1. The van der Waals surface area contributed by atoms with Gasteiger partial charge in [-0.05, 0) is 25.0 Å². The molecular weight excluding hydrogens is 272 g/mol. The number of aliphatic hydroxyl groups excluding tert-OH is 1. The van der Waals surface area contributed by atoms with E-state index in [0.717, 1.165) is 6.20 Å². The predicted octanol–water partition coefficient (Wildman–Crippen LogP) is -0.0748. The number of pyridine rings is 1. The molecule has 1 saturated heterocycles. The third kappa shape index (κ3) is 2.91. The first-order valence-electron chi connectivity index (χ1n) is 5.79. The molecule has 2 heterocycles. The number of sulfonamides is 1. The highest BCUT2D eigenvalue weighted by atomic mass is 32.2. The fraction of sp³-hybridized carbons (Fsp3) is 0.455. The molecule has 1 fully saturated rings. The van der Waals surface area contributed by atoms with Gasteiger partial charge in [0.05, 0.1) is 11.7 Å². The molecule has 7 nitrogen and oxygen atoms in total. The van der Waals surface area contributed by atoms with E-state index < -0.39 is 22.1 Å². The largest absolute Gasteiger partial charge is 0.478 e. The lowest BCUT2D eigenvalue weighted by Gasteiger charge is -2.28. The molecule has 1 aliphatic heterocycles. The van der Waals surface area contributed by atoms with Gasteiger partial charge in [0.2, 0.25) is 0 Å². The van der Waals surface area contributed by atoms with Crippen molar-refractivity contribution in [2.24, 2.45) is 0 Å². The molecule has 19 heavy (non-hydrogen) atoms. The molecule has 2 N–H and O–H groups in total. The summed E-state index contributed by atoms with van der Waals surface area (Å²) < 4.78 is 25.6. The van der Waals surface area contributed by atoms with Crippen molar-refractivity contribution in [3.8, 4) is 0 Å². The van der Waals surface area contributed by atoms with E-state index in [1.165, 1.54) is 16.4 Å². The van der Waals surface area contributed by atoms with Crippen LogP contribution in [0.3, 0.4) is 0 Å². The van der Waals surface area contributed by atoms with Gasteiger partial charge < -0.3 is 10.2 Å². The Balaban J connectivity index is 2.26. The lowest BCUT2D eigenvalue weighted by atomic mass is 10.1. The summed E-state index contributed by atoms with van der Waals surface area (Å²) in [6.45, 7) is 0.381. The summed E-state index contributed by atoms with van der Waals surface area (Å²) in [5.74, 6) is -1.16. The molecule has 1 aromatic heterocycles. The van der Waals surface area contributed by atoms with Crippen LogP contribution in [-0.2, 0) is 10.0 Å². The van der Waals surface area contributed by atoms with Crippen LogP contribution in [0.1, 0.15) is 23.2 Å². The predicted molar refractivity (Wildman–Crippen MR) is 65.2 cm³/mol. The van der Waals surface area contributed by atoms with Crippen LogP contribution in [0.15, 0.2) is 23.4 Å². The van der Waals surface area contributed by atoms with Crippen molar-refractivity contribution in [3.05, 3.63) is 23.9 Å². The molecule has 1 atom stereocenters. The highest BCUT2D eigenvalue weighted by Gasteiger charge is 2.30. The minimum absolute atomic E-state index is 0.0463. The number of aromatic nitrogens is 1. The minimum atomic E-state index is -3.77. The van der Waals surface area contributed by atoms with E-state index in [4.69, 9.17) is 5.11 Å². The second kappa shape index (κ2) is 5.24. The normalized spacial score (nSPS) is 21.2. The molecule has 1 aromatic rings. The molecule has 0 aliphatic carbocycles. The number of nitrogens with zero attached hydrogens (tertiary/aromatic N) is 2. The van der Waals surface area contributed by atoms with Gasteiger partial charge in [-0.25, -0.2) is 18.2 Å². The van der Waals surface area contributed by atoms with E-state index in [1.54, 1.807) is 0 Å². The van der Waals surface area contributed by atoms with Crippen molar-refractivity contribution < 1.29 is 23.4 Å². The number of aromatic carboxylic acids is 1. The lowest BCUT2D eigenvalue weighted by molar-refractivity contribution is 0.0696. The van der Waals surface area contributed by atoms with Gasteiger partial charge in [0.25, 0.3) is 10.0 Å². The molecular formula is C11H14N2O5S. The van der Waals surface area contributed by atoms with Gasteiger partial charge >= 0.3 is 5.97 Å². The maximum Gasteiger partial charge on any atom is 0.337 e. The summed E-state index contributed by atoms with van der Waals surface area (Å²) in [7, 11) is -3.77. The van der Waals surface area contributed by atoms with Crippen LogP contribution in [0, 0.1) is 0 Å². The summed E-state index contributed by atoms with van der Waals surface area (Å²) >= 11 is 0. The van der Waals surface area contributed by atoms with Crippen LogP contribution >= 0.6 is 0 Å². The molecule has 0 amide bonds. The second-order valence-corrected chi connectivity index (χ2v) is 6.23. The molecule has 0 aromatic carbocycles. The molecule has 0 radical (unpaired) electrons. The van der Waals surface area contributed by atoms with E-state index in [0.29, 0.717) is 19.4 Å². The first kappa shape index (κ1) is 13.9. The Hall–Kier alpha value is -1.51. The first-order valence-corrected chi connectivity index (χ1v) is 7.23. The summed E-state index contributed by atoms with van der Waals surface area (Å²) in [4.78, 5) is 14.4. The van der Waals surface area contributed by atoms with Crippen molar-refractivity contribution in [2.75, 3.05) is 13.1 Å². The summed E-state index contributed by atoms with van der Waals surface area (Å²) in [5.41, 5.74) is -0.0716. The fourth-order valence-electron chi connectivity index (χ4n) is 1.93. The van der Waals surface area contributed by atoms with Crippen LogP contribution in [0.25, 0.3) is 0 Å². The number of aliphatic hydroxyl groups is 1. The van der Waals surface area contributed by atoms with Crippen molar-refractivity contribution >= 4 is 16.0 Å². The Bertz CT molecular complexity index is 569. The van der Waals surface area contributed by atoms with Gasteiger partial charge in [0.15, 0.2) is 5.03 Å². The molecule has 0 bridgehead atoms. The Morgan fingerprint density at radius 1 is 1.42 bits per heavy atom. The summed E-state index contributed by atoms with van der Waals surface area (Å²) in [6.07, 6.45) is 1.52. The molecule has 8 heteroatoms. The quantitative estimate of drug-likeness (QED) is 0.805.